The molecule has 0 saturated heterocycles. The molecule has 0 bridgehead atoms. The quantitative estimate of drug-likeness (QED) is 0.570. The lowest BCUT2D eigenvalue weighted by atomic mass is 10.2. The number of anilines is 1. The zero-order valence-electron chi connectivity index (χ0n) is 9.06. The van der Waals surface area contributed by atoms with Crippen LogP contribution in [0.1, 0.15) is 10.1 Å². The van der Waals surface area contributed by atoms with Crippen LogP contribution < -0.4 is 5.32 Å². The zero-order valence-corrected chi connectivity index (χ0v) is 11.5. The van der Waals surface area contributed by atoms with E-state index in [9.17, 15) is 22.5 Å². The van der Waals surface area contributed by atoms with Gasteiger partial charge in [0.05, 0.1) is 0 Å². The number of amides is 1. The predicted molar refractivity (Wildman–Crippen MR) is 64.8 cm³/mol. The van der Waals surface area contributed by atoms with Gasteiger partial charge in [0.1, 0.15) is 4.57 Å². The minimum absolute atomic E-state index is 0.128. The Morgan fingerprint density at radius 3 is 2.11 bits per heavy atom. The fourth-order valence-corrected chi connectivity index (χ4v) is 1.99. The van der Waals surface area contributed by atoms with Gasteiger partial charge in [0, 0.05) is 5.69 Å². The first-order chi connectivity index (χ1) is 8.51. The number of alkyl halides is 4. The van der Waals surface area contributed by atoms with Crippen molar-refractivity contribution in [1.82, 2.24) is 0 Å². The topological polar surface area (TPSA) is 86.6 Å². The second-order valence-electron chi connectivity index (χ2n) is 3.50. The monoisotopic (exact) mass is 361 g/mol. The zero-order chi connectivity index (χ0) is 14.8. The van der Waals surface area contributed by atoms with E-state index in [-0.39, 0.29) is 11.3 Å². The maximum atomic E-state index is 12.0. The third-order valence-electron chi connectivity index (χ3n) is 2.00. The third kappa shape index (κ3) is 4.61. The highest BCUT2D eigenvalue weighted by atomic mass is 79.9. The summed E-state index contributed by atoms with van der Waals surface area (Å²) in [5.74, 6) is -2.12. The summed E-state index contributed by atoms with van der Waals surface area (Å²) >= 11 is 2.78. The van der Waals surface area contributed by atoms with Gasteiger partial charge in [-0.3, -0.25) is 9.36 Å². The lowest BCUT2D eigenvalue weighted by molar-refractivity contribution is -0.167. The Hall–Kier alpha value is -0.890. The molecule has 0 aliphatic carbocycles. The van der Waals surface area contributed by atoms with Crippen LogP contribution in [0.25, 0.3) is 0 Å². The molecule has 0 fully saturated rings. The minimum atomic E-state index is -5.00. The van der Waals surface area contributed by atoms with E-state index in [1.807, 2.05) is 0 Å². The van der Waals surface area contributed by atoms with Gasteiger partial charge in [-0.1, -0.05) is 28.1 Å². The van der Waals surface area contributed by atoms with Crippen LogP contribution in [0.15, 0.2) is 24.3 Å². The lowest BCUT2D eigenvalue weighted by Gasteiger charge is -2.13. The highest BCUT2D eigenvalue weighted by Crippen LogP contribution is 2.55. The van der Waals surface area contributed by atoms with E-state index in [1.54, 1.807) is 5.32 Å². The van der Waals surface area contributed by atoms with Crippen LogP contribution in [0.5, 0.6) is 0 Å². The molecule has 3 N–H and O–H groups in total. The first-order valence-electron chi connectivity index (χ1n) is 4.69. The van der Waals surface area contributed by atoms with Gasteiger partial charge in [0.2, 0.25) is 0 Å². The normalized spacial score (nSPS) is 14.0. The van der Waals surface area contributed by atoms with Crippen molar-refractivity contribution in [3.8, 4) is 0 Å². The molecule has 1 amide bonds. The van der Waals surface area contributed by atoms with Gasteiger partial charge >= 0.3 is 19.7 Å². The van der Waals surface area contributed by atoms with Gasteiger partial charge in [0.25, 0.3) is 0 Å². The number of hydrogen-bond donors (Lipinski definition) is 3. The first kappa shape index (κ1) is 16.2. The van der Waals surface area contributed by atoms with Crippen LogP contribution in [-0.2, 0) is 9.36 Å². The van der Waals surface area contributed by atoms with E-state index in [0.29, 0.717) is 0 Å². The summed E-state index contributed by atoms with van der Waals surface area (Å²) in [5, 5.41) is 1.61. The molecule has 0 spiro atoms. The average Bonchev–Trinajstić information content (AvgIpc) is 2.26. The number of nitrogens with one attached hydrogen (secondary N) is 1. The maximum Gasteiger partial charge on any atom is 0.471 e. The summed E-state index contributed by atoms with van der Waals surface area (Å²) in [7, 11) is -4.40. The van der Waals surface area contributed by atoms with Crippen molar-refractivity contribution in [2.75, 3.05) is 5.32 Å². The van der Waals surface area contributed by atoms with Crippen molar-refractivity contribution >= 4 is 35.1 Å². The molecule has 106 valence electrons. The molecule has 0 heterocycles. The van der Waals surface area contributed by atoms with E-state index >= 15 is 0 Å². The van der Waals surface area contributed by atoms with Crippen LogP contribution >= 0.6 is 23.5 Å². The molecule has 19 heavy (non-hydrogen) atoms. The second-order valence-corrected chi connectivity index (χ2v) is 6.82. The Bertz CT molecular complexity index is 513. The Balaban J connectivity index is 2.84. The van der Waals surface area contributed by atoms with E-state index < -0.39 is 24.2 Å². The summed E-state index contributed by atoms with van der Waals surface area (Å²) in [4.78, 5) is 28.5. The number of benzene rings is 1. The summed E-state index contributed by atoms with van der Waals surface area (Å²) in [6.45, 7) is 0. The Morgan fingerprint density at radius 2 is 1.74 bits per heavy atom. The second kappa shape index (κ2) is 5.62. The molecular formula is C9H8BrF3NO4P. The molecule has 0 saturated carbocycles. The van der Waals surface area contributed by atoms with Crippen LogP contribution in [0.2, 0.25) is 0 Å². The molecule has 1 aromatic carbocycles. The fourth-order valence-electron chi connectivity index (χ4n) is 1.12. The van der Waals surface area contributed by atoms with Crippen LogP contribution in [0.4, 0.5) is 18.9 Å². The van der Waals surface area contributed by atoms with Gasteiger partial charge in [0.15, 0.2) is 0 Å². The Kier molecular flexibility index (Phi) is 4.78. The molecule has 1 aromatic rings. The molecule has 0 aliphatic heterocycles. The molecular weight excluding hydrogens is 354 g/mol. The molecule has 1 rings (SSSR count). The van der Waals surface area contributed by atoms with Crippen molar-refractivity contribution in [3.05, 3.63) is 29.8 Å². The standard InChI is InChI=1S/C9H8BrF3NO4P/c10-7(19(16,17)18)5-1-3-6(4-2-5)14-8(15)9(11,12)13/h1-4,7H,(H,14,15)(H2,16,17,18). The number of hydrogen-bond acceptors (Lipinski definition) is 2. The molecule has 10 heteroatoms. The highest BCUT2D eigenvalue weighted by molar-refractivity contribution is 9.10. The van der Waals surface area contributed by atoms with Crippen molar-refractivity contribution in [3.63, 3.8) is 0 Å². The summed E-state index contributed by atoms with van der Waals surface area (Å²) < 4.78 is 45.6. The van der Waals surface area contributed by atoms with Gasteiger partial charge in [-0.2, -0.15) is 13.2 Å². The SMILES string of the molecule is O=C(Nc1ccc(C(Br)P(=O)(O)O)cc1)C(F)(F)F. The molecule has 0 radical (unpaired) electrons. The van der Waals surface area contributed by atoms with Crippen molar-refractivity contribution in [2.45, 2.75) is 10.7 Å². The Labute approximate surface area is 114 Å². The van der Waals surface area contributed by atoms with Crippen LogP contribution in [-0.4, -0.2) is 21.9 Å². The fraction of sp³-hybridized carbons (Fsp3) is 0.222. The molecule has 0 aliphatic rings. The van der Waals surface area contributed by atoms with Gasteiger partial charge in [-0.25, -0.2) is 0 Å². The highest BCUT2D eigenvalue weighted by Gasteiger charge is 2.38. The third-order valence-corrected chi connectivity index (χ3v) is 5.01. The average molecular weight is 362 g/mol. The molecule has 1 atom stereocenters. The summed E-state index contributed by atoms with van der Waals surface area (Å²) in [6, 6.07) is 4.63. The first-order valence-corrected chi connectivity index (χ1v) is 7.29. The van der Waals surface area contributed by atoms with Crippen molar-refractivity contribution in [2.24, 2.45) is 0 Å². The van der Waals surface area contributed by atoms with E-state index in [0.717, 1.165) is 12.1 Å². The molecule has 1 unspecified atom stereocenters. The largest absolute Gasteiger partial charge is 0.471 e. The van der Waals surface area contributed by atoms with Crippen LogP contribution in [0.3, 0.4) is 0 Å². The van der Waals surface area contributed by atoms with E-state index in [1.165, 1.54) is 12.1 Å². The van der Waals surface area contributed by atoms with Gasteiger partial charge in [-0.05, 0) is 17.7 Å². The van der Waals surface area contributed by atoms with Crippen LogP contribution in [0, 0.1) is 0 Å². The predicted octanol–water partition coefficient (Wildman–Crippen LogP) is 2.76. The minimum Gasteiger partial charge on any atom is -0.323 e. The number of halogens is 4. The van der Waals surface area contributed by atoms with E-state index in [2.05, 4.69) is 15.9 Å². The molecule has 0 aromatic heterocycles. The van der Waals surface area contributed by atoms with E-state index in [4.69, 9.17) is 9.79 Å². The van der Waals surface area contributed by atoms with Crippen molar-refractivity contribution in [1.29, 1.82) is 0 Å². The maximum absolute atomic E-state index is 12.0. The van der Waals surface area contributed by atoms with Crippen molar-refractivity contribution < 1.29 is 32.3 Å². The van der Waals surface area contributed by atoms with Gasteiger partial charge < -0.3 is 15.1 Å². The number of carbonyl (C=O) groups excluding carboxylic acids is 1. The van der Waals surface area contributed by atoms with Gasteiger partial charge in [-0.15, -0.1) is 0 Å². The summed E-state index contributed by atoms with van der Waals surface area (Å²) in [6.07, 6.45) is -5.00. The smallest absolute Gasteiger partial charge is 0.323 e. The number of rotatable bonds is 3. The Morgan fingerprint density at radius 1 is 1.26 bits per heavy atom. The summed E-state index contributed by atoms with van der Waals surface area (Å²) in [5.41, 5.74) is 0.0508. The number of carbonyl (C=O) groups is 1. The lowest BCUT2D eigenvalue weighted by Crippen LogP contribution is -2.29. The molecule has 5 nitrogen and oxygen atoms in total.